The molecule has 1 aromatic heterocycles. The van der Waals surface area contributed by atoms with Crippen LogP contribution in [0.3, 0.4) is 0 Å². The van der Waals surface area contributed by atoms with Crippen LogP contribution in [0.15, 0.2) is 24.3 Å². The third-order valence-electron chi connectivity index (χ3n) is 4.53. The first kappa shape index (κ1) is 18.4. The number of carbonyl (C=O) groups is 2. The van der Waals surface area contributed by atoms with Gasteiger partial charge in [-0.05, 0) is 38.3 Å². The van der Waals surface area contributed by atoms with Gasteiger partial charge in [-0.15, -0.1) is 0 Å². The molecule has 1 aliphatic rings. The van der Waals surface area contributed by atoms with Crippen LogP contribution in [-0.4, -0.2) is 40.6 Å². The Bertz CT molecular complexity index is 780. The summed E-state index contributed by atoms with van der Waals surface area (Å²) in [5.74, 6) is 0.488. The minimum absolute atomic E-state index is 0.0612. The van der Waals surface area contributed by atoms with Crippen LogP contribution in [0, 0.1) is 0 Å². The Labute approximate surface area is 153 Å². The first-order valence-electron chi connectivity index (χ1n) is 9.24. The predicted octanol–water partition coefficient (Wildman–Crippen LogP) is 1.92. The van der Waals surface area contributed by atoms with Crippen molar-refractivity contribution in [3.63, 3.8) is 0 Å². The van der Waals surface area contributed by atoms with E-state index in [1.807, 2.05) is 42.7 Å². The number of ether oxygens (including phenoxy) is 1. The number of para-hydroxylation sites is 2. The lowest BCUT2D eigenvalue weighted by Crippen LogP contribution is -2.37. The maximum Gasteiger partial charge on any atom is 0.249 e. The number of hydrogen-bond acceptors (Lipinski definition) is 4. The molecule has 140 valence electrons. The van der Waals surface area contributed by atoms with Crippen LogP contribution in [0.1, 0.15) is 45.0 Å². The molecule has 2 amide bonds. The number of nitrogens with zero attached hydrogens (tertiary/aromatic N) is 2. The summed E-state index contributed by atoms with van der Waals surface area (Å²) in [5.41, 5.74) is 1.69. The number of hydrogen-bond donors (Lipinski definition) is 2. The third-order valence-corrected chi connectivity index (χ3v) is 4.53. The fourth-order valence-corrected chi connectivity index (χ4v) is 3.21. The number of benzene rings is 1. The lowest BCUT2D eigenvalue weighted by atomic mass is 10.2. The summed E-state index contributed by atoms with van der Waals surface area (Å²) in [6.45, 7) is 5.35. The molecule has 26 heavy (non-hydrogen) atoms. The number of rotatable bonds is 7. The van der Waals surface area contributed by atoms with Crippen molar-refractivity contribution in [1.29, 1.82) is 0 Å². The normalized spacial score (nSPS) is 18.0. The molecule has 1 aromatic carbocycles. The molecule has 2 aromatic rings. The number of aromatic nitrogens is 2. The molecular formula is C19H26N4O3. The molecule has 7 heteroatoms. The second-order valence-electron chi connectivity index (χ2n) is 6.63. The summed E-state index contributed by atoms with van der Waals surface area (Å²) in [6, 6.07) is 7.36. The standard InChI is InChI=1S/C19H26N4O3/c1-3-10-20-17(24)12-23-15-8-5-4-7-14(15)22-18(23)13(2)21-19(25)16-9-6-11-26-16/h4-5,7-8,13,16H,3,6,9-12H2,1-2H3,(H,20,24)(H,21,25). The Morgan fingerprint density at radius 1 is 1.38 bits per heavy atom. The molecule has 0 saturated carbocycles. The smallest absolute Gasteiger partial charge is 0.249 e. The summed E-state index contributed by atoms with van der Waals surface area (Å²) in [6.07, 6.45) is 2.15. The van der Waals surface area contributed by atoms with Crippen LogP contribution in [0.2, 0.25) is 0 Å². The van der Waals surface area contributed by atoms with Crippen molar-refractivity contribution in [1.82, 2.24) is 20.2 Å². The number of nitrogens with one attached hydrogen (secondary N) is 2. The highest BCUT2D eigenvalue weighted by Crippen LogP contribution is 2.21. The van der Waals surface area contributed by atoms with Crippen molar-refractivity contribution < 1.29 is 14.3 Å². The molecule has 2 heterocycles. The lowest BCUT2D eigenvalue weighted by molar-refractivity contribution is -0.130. The van der Waals surface area contributed by atoms with E-state index >= 15 is 0 Å². The van der Waals surface area contributed by atoms with Crippen LogP contribution < -0.4 is 10.6 Å². The van der Waals surface area contributed by atoms with Crippen molar-refractivity contribution >= 4 is 22.8 Å². The highest BCUT2D eigenvalue weighted by molar-refractivity contribution is 5.83. The van der Waals surface area contributed by atoms with Gasteiger partial charge in [-0.1, -0.05) is 19.1 Å². The first-order chi connectivity index (χ1) is 12.6. The summed E-state index contributed by atoms with van der Waals surface area (Å²) in [7, 11) is 0. The van der Waals surface area contributed by atoms with Gasteiger partial charge in [0.2, 0.25) is 11.8 Å². The lowest BCUT2D eigenvalue weighted by Gasteiger charge is -2.18. The molecule has 1 fully saturated rings. The Kier molecular flexibility index (Phi) is 5.88. The van der Waals surface area contributed by atoms with Crippen molar-refractivity contribution in [3.05, 3.63) is 30.1 Å². The second-order valence-corrected chi connectivity index (χ2v) is 6.63. The van der Waals surface area contributed by atoms with Gasteiger partial charge in [-0.3, -0.25) is 9.59 Å². The zero-order valence-electron chi connectivity index (χ0n) is 15.3. The van der Waals surface area contributed by atoms with E-state index < -0.39 is 0 Å². The fraction of sp³-hybridized carbons (Fsp3) is 0.526. The van der Waals surface area contributed by atoms with Crippen molar-refractivity contribution in [2.24, 2.45) is 0 Å². The van der Waals surface area contributed by atoms with E-state index in [2.05, 4.69) is 15.6 Å². The minimum atomic E-state index is -0.386. The quantitative estimate of drug-likeness (QED) is 0.792. The third kappa shape index (κ3) is 4.04. The zero-order valence-corrected chi connectivity index (χ0v) is 15.3. The highest BCUT2D eigenvalue weighted by atomic mass is 16.5. The van der Waals surface area contributed by atoms with Gasteiger partial charge in [0, 0.05) is 13.2 Å². The molecule has 0 spiro atoms. The van der Waals surface area contributed by atoms with Crippen LogP contribution >= 0.6 is 0 Å². The average Bonchev–Trinajstić information content (AvgIpc) is 3.28. The Morgan fingerprint density at radius 2 is 2.19 bits per heavy atom. The SMILES string of the molecule is CCCNC(=O)Cn1c(C(C)NC(=O)C2CCCO2)nc2ccccc21. The van der Waals surface area contributed by atoms with E-state index in [9.17, 15) is 9.59 Å². The largest absolute Gasteiger partial charge is 0.368 e. The van der Waals surface area contributed by atoms with E-state index in [4.69, 9.17) is 4.74 Å². The highest BCUT2D eigenvalue weighted by Gasteiger charge is 2.27. The van der Waals surface area contributed by atoms with Crippen LogP contribution in [0.5, 0.6) is 0 Å². The van der Waals surface area contributed by atoms with Gasteiger partial charge < -0.3 is 19.9 Å². The number of carbonyl (C=O) groups excluding carboxylic acids is 2. The van der Waals surface area contributed by atoms with E-state index in [1.165, 1.54) is 0 Å². The molecule has 2 N–H and O–H groups in total. The van der Waals surface area contributed by atoms with Gasteiger partial charge in [-0.25, -0.2) is 4.98 Å². The van der Waals surface area contributed by atoms with Crippen molar-refractivity contribution in [2.45, 2.75) is 51.8 Å². The van der Waals surface area contributed by atoms with Gasteiger partial charge in [0.15, 0.2) is 0 Å². The summed E-state index contributed by atoms with van der Waals surface area (Å²) < 4.78 is 7.32. The molecule has 0 bridgehead atoms. The Balaban J connectivity index is 1.82. The van der Waals surface area contributed by atoms with Gasteiger partial charge in [0.05, 0.1) is 17.1 Å². The number of imidazole rings is 1. The summed E-state index contributed by atoms with van der Waals surface area (Å²) in [4.78, 5) is 29.3. The summed E-state index contributed by atoms with van der Waals surface area (Å²) in [5, 5.41) is 5.87. The van der Waals surface area contributed by atoms with Gasteiger partial charge >= 0.3 is 0 Å². The molecule has 3 rings (SSSR count). The van der Waals surface area contributed by atoms with E-state index in [0.717, 1.165) is 30.3 Å². The Hall–Kier alpha value is -2.41. The monoisotopic (exact) mass is 358 g/mol. The maximum absolute atomic E-state index is 12.4. The van der Waals surface area contributed by atoms with E-state index in [1.54, 1.807) is 0 Å². The Morgan fingerprint density at radius 3 is 2.92 bits per heavy atom. The molecule has 1 saturated heterocycles. The molecular weight excluding hydrogens is 332 g/mol. The molecule has 7 nitrogen and oxygen atoms in total. The fourth-order valence-electron chi connectivity index (χ4n) is 3.21. The number of fused-ring (bicyclic) bond motifs is 1. The average molecular weight is 358 g/mol. The predicted molar refractivity (Wildman–Crippen MR) is 98.6 cm³/mol. The molecule has 1 aliphatic heterocycles. The van der Waals surface area contributed by atoms with E-state index in [-0.39, 0.29) is 30.5 Å². The topological polar surface area (TPSA) is 85.2 Å². The van der Waals surface area contributed by atoms with Gasteiger partial charge in [-0.2, -0.15) is 0 Å². The molecule has 0 aliphatic carbocycles. The van der Waals surface area contributed by atoms with Crippen LogP contribution in [0.25, 0.3) is 11.0 Å². The maximum atomic E-state index is 12.4. The second kappa shape index (κ2) is 8.31. The van der Waals surface area contributed by atoms with E-state index in [0.29, 0.717) is 19.0 Å². The first-order valence-corrected chi connectivity index (χ1v) is 9.24. The van der Waals surface area contributed by atoms with Crippen molar-refractivity contribution in [3.8, 4) is 0 Å². The van der Waals surface area contributed by atoms with Gasteiger partial charge in [0.25, 0.3) is 0 Å². The minimum Gasteiger partial charge on any atom is -0.368 e. The summed E-state index contributed by atoms with van der Waals surface area (Å²) >= 11 is 0. The number of amides is 2. The zero-order chi connectivity index (χ0) is 18.5. The van der Waals surface area contributed by atoms with Crippen molar-refractivity contribution in [2.75, 3.05) is 13.2 Å². The molecule has 0 radical (unpaired) electrons. The van der Waals surface area contributed by atoms with Crippen LogP contribution in [0.4, 0.5) is 0 Å². The van der Waals surface area contributed by atoms with Gasteiger partial charge in [0.1, 0.15) is 18.5 Å². The van der Waals surface area contributed by atoms with Crippen LogP contribution in [-0.2, 0) is 20.9 Å². The molecule has 2 unspecified atom stereocenters. The molecule has 2 atom stereocenters.